The Morgan fingerprint density at radius 2 is 1.88 bits per heavy atom. The van der Waals surface area contributed by atoms with E-state index in [9.17, 15) is 9.90 Å². The van der Waals surface area contributed by atoms with Crippen molar-refractivity contribution >= 4 is 22.9 Å². The third kappa shape index (κ3) is 3.83. The number of benzene rings is 3. The fourth-order valence-electron chi connectivity index (χ4n) is 2.63. The second kappa shape index (κ2) is 8.16. The lowest BCUT2D eigenvalue weighted by atomic mass is 10.0. The molecule has 1 amide bonds. The standard InChI is InChI=1S/C21H20N2O3/c1-2-13-26-20-10-6-5-9-17(20)21(25)23-22-14-18-16-8-4-3-7-15(16)11-12-19(18)24/h3-12,14,24H,2,13H2,1H3,(H,23,25)/b22-14+. The topological polar surface area (TPSA) is 70.9 Å². The summed E-state index contributed by atoms with van der Waals surface area (Å²) in [4.78, 5) is 12.4. The molecule has 0 aliphatic heterocycles. The Hall–Kier alpha value is -3.34. The minimum atomic E-state index is -0.368. The predicted octanol–water partition coefficient (Wildman–Crippen LogP) is 4.10. The van der Waals surface area contributed by atoms with Crippen LogP contribution in [0.5, 0.6) is 11.5 Å². The smallest absolute Gasteiger partial charge is 0.275 e. The summed E-state index contributed by atoms with van der Waals surface area (Å²) in [7, 11) is 0. The summed E-state index contributed by atoms with van der Waals surface area (Å²) in [5.41, 5.74) is 3.47. The van der Waals surface area contributed by atoms with Crippen molar-refractivity contribution in [1.82, 2.24) is 5.43 Å². The third-order valence-electron chi connectivity index (χ3n) is 3.90. The van der Waals surface area contributed by atoms with E-state index in [1.54, 1.807) is 24.3 Å². The molecule has 3 aromatic carbocycles. The molecule has 0 unspecified atom stereocenters. The number of hydrogen-bond donors (Lipinski definition) is 2. The first-order valence-electron chi connectivity index (χ1n) is 8.46. The van der Waals surface area contributed by atoms with E-state index in [4.69, 9.17) is 4.74 Å². The number of para-hydroxylation sites is 1. The fourth-order valence-corrected chi connectivity index (χ4v) is 2.63. The molecule has 0 radical (unpaired) electrons. The molecule has 0 saturated heterocycles. The van der Waals surface area contributed by atoms with Crippen molar-refractivity contribution < 1.29 is 14.6 Å². The van der Waals surface area contributed by atoms with Crippen molar-refractivity contribution in [2.24, 2.45) is 5.10 Å². The molecule has 132 valence electrons. The van der Waals surface area contributed by atoms with Gasteiger partial charge in [-0.2, -0.15) is 5.10 Å². The molecule has 2 N–H and O–H groups in total. The van der Waals surface area contributed by atoms with E-state index in [0.717, 1.165) is 17.2 Å². The molecule has 0 heterocycles. The summed E-state index contributed by atoms with van der Waals surface area (Å²) >= 11 is 0. The average Bonchev–Trinajstić information content (AvgIpc) is 2.68. The zero-order chi connectivity index (χ0) is 18.4. The number of carbonyl (C=O) groups excluding carboxylic acids is 1. The van der Waals surface area contributed by atoms with Crippen LogP contribution in [0, 0.1) is 0 Å². The zero-order valence-electron chi connectivity index (χ0n) is 14.5. The number of amides is 1. The first-order chi connectivity index (χ1) is 12.7. The number of fused-ring (bicyclic) bond motifs is 1. The maximum Gasteiger partial charge on any atom is 0.275 e. The highest BCUT2D eigenvalue weighted by Crippen LogP contribution is 2.25. The van der Waals surface area contributed by atoms with E-state index in [-0.39, 0.29) is 11.7 Å². The summed E-state index contributed by atoms with van der Waals surface area (Å²) in [6, 6.07) is 18.1. The number of aromatic hydroxyl groups is 1. The Balaban J connectivity index is 1.80. The molecule has 3 aromatic rings. The fraction of sp³-hybridized carbons (Fsp3) is 0.143. The van der Waals surface area contributed by atoms with E-state index in [0.29, 0.717) is 23.5 Å². The van der Waals surface area contributed by atoms with E-state index < -0.39 is 0 Å². The molecule has 5 nitrogen and oxygen atoms in total. The molecule has 3 rings (SSSR count). The van der Waals surface area contributed by atoms with Crippen LogP contribution in [-0.2, 0) is 0 Å². The molecule has 0 fully saturated rings. The number of nitrogens with zero attached hydrogens (tertiary/aromatic N) is 1. The van der Waals surface area contributed by atoms with Crippen LogP contribution in [0.4, 0.5) is 0 Å². The molecule has 5 heteroatoms. The van der Waals surface area contributed by atoms with Gasteiger partial charge >= 0.3 is 0 Å². The maximum atomic E-state index is 12.4. The number of rotatable bonds is 6. The summed E-state index contributed by atoms with van der Waals surface area (Å²) in [5, 5.41) is 16.0. The van der Waals surface area contributed by atoms with Crippen LogP contribution < -0.4 is 10.2 Å². The van der Waals surface area contributed by atoms with Gasteiger partial charge in [0.05, 0.1) is 18.4 Å². The number of phenols is 1. The van der Waals surface area contributed by atoms with Gasteiger partial charge in [-0.1, -0.05) is 49.4 Å². The first-order valence-corrected chi connectivity index (χ1v) is 8.46. The molecule has 0 bridgehead atoms. The van der Waals surface area contributed by atoms with Crippen LogP contribution in [0.2, 0.25) is 0 Å². The number of hydrazone groups is 1. The second-order valence-corrected chi connectivity index (χ2v) is 5.76. The normalized spacial score (nSPS) is 11.0. The lowest BCUT2D eigenvalue weighted by Gasteiger charge is -2.09. The quantitative estimate of drug-likeness (QED) is 0.520. The van der Waals surface area contributed by atoms with Gasteiger partial charge in [0.1, 0.15) is 11.5 Å². The van der Waals surface area contributed by atoms with Crippen molar-refractivity contribution in [3.63, 3.8) is 0 Å². The lowest BCUT2D eigenvalue weighted by Crippen LogP contribution is -2.18. The number of nitrogens with one attached hydrogen (secondary N) is 1. The SMILES string of the molecule is CCCOc1ccccc1C(=O)N/N=C/c1c(O)ccc2ccccc12. The Morgan fingerprint density at radius 3 is 2.73 bits per heavy atom. The highest BCUT2D eigenvalue weighted by Gasteiger charge is 2.11. The van der Waals surface area contributed by atoms with E-state index >= 15 is 0 Å². The molecule has 0 atom stereocenters. The molecule has 0 aliphatic rings. The molecule has 0 spiro atoms. The summed E-state index contributed by atoms with van der Waals surface area (Å²) < 4.78 is 5.60. The largest absolute Gasteiger partial charge is 0.507 e. The highest BCUT2D eigenvalue weighted by atomic mass is 16.5. The average molecular weight is 348 g/mol. The minimum Gasteiger partial charge on any atom is -0.507 e. The number of phenolic OH excluding ortho intramolecular Hbond substituents is 1. The van der Waals surface area contributed by atoms with Gasteiger partial charge < -0.3 is 9.84 Å². The van der Waals surface area contributed by atoms with Crippen LogP contribution in [-0.4, -0.2) is 23.8 Å². The van der Waals surface area contributed by atoms with Crippen LogP contribution in [0.3, 0.4) is 0 Å². The van der Waals surface area contributed by atoms with Gasteiger partial charge in [0, 0.05) is 5.56 Å². The summed E-state index contributed by atoms with van der Waals surface area (Å²) in [6.45, 7) is 2.54. The molecule has 0 saturated carbocycles. The predicted molar refractivity (Wildman–Crippen MR) is 103 cm³/mol. The Labute approximate surface area is 151 Å². The van der Waals surface area contributed by atoms with Crippen molar-refractivity contribution in [1.29, 1.82) is 0 Å². The highest BCUT2D eigenvalue weighted by molar-refractivity contribution is 6.03. The van der Waals surface area contributed by atoms with E-state index in [2.05, 4.69) is 10.5 Å². The van der Waals surface area contributed by atoms with Gasteiger partial charge in [0.2, 0.25) is 0 Å². The molecular formula is C21H20N2O3. The zero-order valence-corrected chi connectivity index (χ0v) is 14.5. The minimum absolute atomic E-state index is 0.105. The van der Waals surface area contributed by atoms with Gasteiger partial charge in [-0.25, -0.2) is 5.43 Å². The Kier molecular flexibility index (Phi) is 5.49. The molecular weight excluding hydrogens is 328 g/mol. The van der Waals surface area contributed by atoms with Gasteiger partial charge in [-0.05, 0) is 35.4 Å². The molecule has 0 aliphatic carbocycles. The first kappa shape index (κ1) is 17.5. The lowest BCUT2D eigenvalue weighted by molar-refractivity contribution is 0.0951. The van der Waals surface area contributed by atoms with Crippen LogP contribution >= 0.6 is 0 Å². The summed E-state index contributed by atoms with van der Waals surface area (Å²) in [5.74, 6) is 0.260. The summed E-state index contributed by atoms with van der Waals surface area (Å²) in [6.07, 6.45) is 2.31. The van der Waals surface area contributed by atoms with E-state index in [1.807, 2.05) is 43.3 Å². The number of ether oxygens (including phenoxy) is 1. The third-order valence-corrected chi connectivity index (χ3v) is 3.90. The van der Waals surface area contributed by atoms with Crippen molar-refractivity contribution in [3.05, 3.63) is 71.8 Å². The van der Waals surface area contributed by atoms with Crippen LogP contribution in [0.1, 0.15) is 29.3 Å². The van der Waals surface area contributed by atoms with E-state index in [1.165, 1.54) is 6.21 Å². The molecule has 0 aromatic heterocycles. The van der Waals surface area contributed by atoms with Crippen molar-refractivity contribution in [2.45, 2.75) is 13.3 Å². The van der Waals surface area contributed by atoms with Gasteiger partial charge in [0.15, 0.2) is 0 Å². The second-order valence-electron chi connectivity index (χ2n) is 5.76. The Bertz CT molecular complexity index is 951. The maximum absolute atomic E-state index is 12.4. The number of carbonyl (C=O) groups is 1. The van der Waals surface area contributed by atoms with Crippen LogP contribution in [0.25, 0.3) is 10.8 Å². The number of hydrogen-bond acceptors (Lipinski definition) is 4. The van der Waals surface area contributed by atoms with Gasteiger partial charge in [-0.15, -0.1) is 0 Å². The van der Waals surface area contributed by atoms with Gasteiger partial charge in [-0.3, -0.25) is 4.79 Å². The van der Waals surface area contributed by atoms with Crippen molar-refractivity contribution in [3.8, 4) is 11.5 Å². The molecule has 26 heavy (non-hydrogen) atoms. The van der Waals surface area contributed by atoms with Crippen molar-refractivity contribution in [2.75, 3.05) is 6.61 Å². The van der Waals surface area contributed by atoms with Crippen LogP contribution in [0.15, 0.2) is 65.8 Å². The van der Waals surface area contributed by atoms with Gasteiger partial charge in [0.25, 0.3) is 5.91 Å². The monoisotopic (exact) mass is 348 g/mol. The Morgan fingerprint density at radius 1 is 1.12 bits per heavy atom.